The van der Waals surface area contributed by atoms with Crippen LogP contribution in [0.15, 0.2) is 8.83 Å². The van der Waals surface area contributed by atoms with Crippen molar-refractivity contribution in [3.05, 3.63) is 23.2 Å². The van der Waals surface area contributed by atoms with E-state index >= 15 is 0 Å². The van der Waals surface area contributed by atoms with Crippen LogP contribution in [0.3, 0.4) is 0 Å². The fraction of sp³-hybridized carbons (Fsp3) is 0.784. The highest BCUT2D eigenvalue weighted by Crippen LogP contribution is 2.34. The molecular weight excluding hydrogens is 721 g/mol. The standard InChI is InChI=1S/C37H60N6O8S2/c1-3-5-7-9-12-26-32-40-28(34(50-32)42-16-20-48-21-17-42)14-11-15-29-35(43-18-22-49-23-19-43)51-33(41-29)27(13-10-8-6-4-2)39-31(37(46)47)25-53-52-24-30(38-26)36(44)45/h26-27,30-31,38-39H,3-25H2,1-2H3,(H,44,45)(H,46,47)/t26?,27?,30-,31-/m0/s1. The minimum atomic E-state index is -0.960. The fourth-order valence-electron chi connectivity index (χ4n) is 7.00. The average Bonchev–Trinajstić information content (AvgIpc) is 3.79. The molecule has 4 atom stereocenters. The van der Waals surface area contributed by atoms with Gasteiger partial charge in [0.15, 0.2) is 0 Å². The highest BCUT2D eigenvalue weighted by atomic mass is 33.1. The highest BCUT2D eigenvalue weighted by Gasteiger charge is 2.32. The van der Waals surface area contributed by atoms with Gasteiger partial charge in [0.05, 0.1) is 38.5 Å². The summed E-state index contributed by atoms with van der Waals surface area (Å²) in [5.41, 5.74) is 1.71. The van der Waals surface area contributed by atoms with Crippen LogP contribution < -0.4 is 20.4 Å². The summed E-state index contributed by atoms with van der Waals surface area (Å²) < 4.78 is 24.5. The van der Waals surface area contributed by atoms with Crippen molar-refractivity contribution in [1.29, 1.82) is 0 Å². The van der Waals surface area contributed by atoms with Gasteiger partial charge in [-0.3, -0.25) is 20.2 Å². The van der Waals surface area contributed by atoms with Crippen LogP contribution in [0.1, 0.15) is 120 Å². The van der Waals surface area contributed by atoms with E-state index in [2.05, 4.69) is 34.3 Å². The zero-order valence-corrected chi connectivity index (χ0v) is 33.2. The number of hydrogen-bond acceptors (Lipinski definition) is 14. The number of unbranched alkanes of at least 4 members (excludes halogenated alkanes) is 6. The lowest BCUT2D eigenvalue weighted by molar-refractivity contribution is -0.140. The largest absolute Gasteiger partial charge is 0.480 e. The molecule has 0 amide bonds. The molecule has 0 aliphatic carbocycles. The minimum Gasteiger partial charge on any atom is -0.480 e. The summed E-state index contributed by atoms with van der Waals surface area (Å²) >= 11 is 0. The van der Waals surface area contributed by atoms with Crippen LogP contribution in [-0.4, -0.2) is 108 Å². The van der Waals surface area contributed by atoms with Gasteiger partial charge in [-0.15, -0.1) is 0 Å². The van der Waals surface area contributed by atoms with Crippen molar-refractivity contribution in [2.45, 2.75) is 121 Å². The van der Waals surface area contributed by atoms with Crippen molar-refractivity contribution in [2.75, 3.05) is 73.9 Å². The Labute approximate surface area is 321 Å². The number of nitrogens with one attached hydrogen (secondary N) is 2. The summed E-state index contributed by atoms with van der Waals surface area (Å²) in [6.07, 6.45) is 11.7. The first-order chi connectivity index (χ1) is 25.9. The molecule has 2 fully saturated rings. The molecule has 298 valence electrons. The van der Waals surface area contributed by atoms with E-state index in [-0.39, 0.29) is 23.6 Å². The quantitative estimate of drug-likeness (QED) is 0.129. The second kappa shape index (κ2) is 22.2. The van der Waals surface area contributed by atoms with Crippen LogP contribution in [0.25, 0.3) is 0 Å². The van der Waals surface area contributed by atoms with Gasteiger partial charge in [0.25, 0.3) is 0 Å². The Morgan fingerprint density at radius 3 is 1.47 bits per heavy atom. The third-order valence-electron chi connectivity index (χ3n) is 10.1. The van der Waals surface area contributed by atoms with E-state index < -0.39 is 24.0 Å². The monoisotopic (exact) mass is 780 g/mol. The number of ether oxygens (including phenoxy) is 2. The lowest BCUT2D eigenvalue weighted by atomic mass is 10.1. The number of aliphatic carboxylic acids is 2. The Kier molecular flexibility index (Phi) is 17.4. The minimum absolute atomic E-state index is 0.244. The third-order valence-corrected chi connectivity index (χ3v) is 12.5. The summed E-state index contributed by atoms with van der Waals surface area (Å²) in [6, 6.07) is -2.52. The van der Waals surface area contributed by atoms with Gasteiger partial charge in [-0.1, -0.05) is 86.8 Å². The van der Waals surface area contributed by atoms with Crippen LogP contribution in [0.5, 0.6) is 0 Å². The Morgan fingerprint density at radius 2 is 1.09 bits per heavy atom. The van der Waals surface area contributed by atoms with Crippen LogP contribution in [0.4, 0.5) is 11.8 Å². The number of morpholine rings is 2. The van der Waals surface area contributed by atoms with Crippen LogP contribution >= 0.6 is 21.6 Å². The first kappa shape index (κ1) is 41.7. The summed E-state index contributed by atoms with van der Waals surface area (Å²) in [7, 11) is 2.72. The zero-order valence-electron chi connectivity index (χ0n) is 31.5. The zero-order chi connectivity index (χ0) is 37.4. The normalized spacial score (nSPS) is 24.0. The number of aryl methyl sites for hydroxylation is 2. The third kappa shape index (κ3) is 12.5. The number of carbonyl (C=O) groups is 2. The first-order valence-electron chi connectivity index (χ1n) is 19.7. The predicted octanol–water partition coefficient (Wildman–Crippen LogP) is 6.01. The number of anilines is 2. The summed E-state index contributed by atoms with van der Waals surface area (Å²) in [6.45, 7) is 9.53. The van der Waals surface area contributed by atoms with E-state index in [0.29, 0.717) is 90.1 Å². The second-order valence-electron chi connectivity index (χ2n) is 14.1. The van der Waals surface area contributed by atoms with Gasteiger partial charge in [0.2, 0.25) is 23.5 Å². The van der Waals surface area contributed by atoms with E-state index in [4.69, 9.17) is 28.3 Å². The van der Waals surface area contributed by atoms with E-state index in [1.54, 1.807) is 0 Å². The molecule has 0 radical (unpaired) electrons. The topological polar surface area (TPSA) is 176 Å². The fourth-order valence-corrected chi connectivity index (χ4v) is 9.34. The molecule has 14 nitrogen and oxygen atoms in total. The van der Waals surface area contributed by atoms with E-state index in [1.165, 1.54) is 21.6 Å². The van der Waals surface area contributed by atoms with Crippen molar-refractivity contribution < 1.29 is 38.1 Å². The number of fused-ring (bicyclic) bond motifs is 4. The average molecular weight is 781 g/mol. The molecule has 53 heavy (non-hydrogen) atoms. The lowest BCUT2D eigenvalue weighted by Crippen LogP contribution is -2.42. The molecule has 2 aromatic rings. The molecule has 5 heterocycles. The van der Waals surface area contributed by atoms with Crippen LogP contribution in [0.2, 0.25) is 0 Å². The number of rotatable bonds is 14. The summed E-state index contributed by atoms with van der Waals surface area (Å²) in [5.74, 6) is 1.07. The van der Waals surface area contributed by atoms with Crippen LogP contribution in [0, 0.1) is 0 Å². The first-order valence-corrected chi connectivity index (χ1v) is 22.2. The molecule has 2 unspecified atom stereocenters. The molecule has 2 aromatic heterocycles. The molecule has 16 heteroatoms. The number of carboxylic acid groups (broad SMARTS) is 2. The molecule has 4 bridgehead atoms. The van der Waals surface area contributed by atoms with Gasteiger partial charge >= 0.3 is 11.9 Å². The van der Waals surface area contributed by atoms with E-state index in [9.17, 15) is 19.8 Å². The van der Waals surface area contributed by atoms with Gasteiger partial charge < -0.3 is 38.3 Å². The second-order valence-corrected chi connectivity index (χ2v) is 16.7. The Balaban J connectivity index is 1.49. The maximum Gasteiger partial charge on any atom is 0.321 e. The number of oxazole rings is 2. The van der Waals surface area contributed by atoms with Gasteiger partial charge in [-0.05, 0) is 32.1 Å². The van der Waals surface area contributed by atoms with Crippen LogP contribution in [-0.2, 0) is 31.9 Å². The van der Waals surface area contributed by atoms with E-state index in [0.717, 1.165) is 80.9 Å². The molecule has 0 spiro atoms. The molecule has 3 aliphatic rings. The molecule has 2 saturated heterocycles. The van der Waals surface area contributed by atoms with Crippen molar-refractivity contribution in [3.63, 3.8) is 0 Å². The summed E-state index contributed by atoms with van der Waals surface area (Å²) in [5, 5.41) is 27.4. The maximum atomic E-state index is 12.6. The number of carboxylic acids is 2. The molecule has 0 aromatic carbocycles. The van der Waals surface area contributed by atoms with Crippen molar-refractivity contribution >= 4 is 45.3 Å². The van der Waals surface area contributed by atoms with Gasteiger partial charge in [-0.2, -0.15) is 0 Å². The van der Waals surface area contributed by atoms with Crippen molar-refractivity contribution in [1.82, 2.24) is 20.6 Å². The molecular formula is C37H60N6O8S2. The van der Waals surface area contributed by atoms with Gasteiger partial charge in [0.1, 0.15) is 23.5 Å². The molecule has 3 aliphatic heterocycles. The molecule has 4 N–H and O–H groups in total. The van der Waals surface area contributed by atoms with Crippen molar-refractivity contribution in [2.24, 2.45) is 0 Å². The van der Waals surface area contributed by atoms with Gasteiger partial charge in [0, 0.05) is 37.7 Å². The smallest absolute Gasteiger partial charge is 0.321 e. The van der Waals surface area contributed by atoms with Gasteiger partial charge in [-0.25, -0.2) is 9.97 Å². The molecule has 5 rings (SSSR count). The Bertz CT molecular complexity index is 1300. The predicted molar refractivity (Wildman–Crippen MR) is 208 cm³/mol. The molecule has 0 saturated carbocycles. The Hall–Kier alpha value is -2.50. The number of nitrogens with zero attached hydrogens (tertiary/aromatic N) is 4. The van der Waals surface area contributed by atoms with Crippen molar-refractivity contribution in [3.8, 4) is 0 Å². The number of aromatic nitrogens is 2. The lowest BCUT2D eigenvalue weighted by Gasteiger charge is -2.27. The maximum absolute atomic E-state index is 12.6. The highest BCUT2D eigenvalue weighted by molar-refractivity contribution is 8.76. The number of hydrogen-bond donors (Lipinski definition) is 4. The Morgan fingerprint density at radius 1 is 0.679 bits per heavy atom. The van der Waals surface area contributed by atoms with E-state index in [1.807, 2.05) is 0 Å². The summed E-state index contributed by atoms with van der Waals surface area (Å²) in [4.78, 5) is 39.7. The SMILES string of the molecule is CCCCCCC1N[C@H](C(=O)O)CSSC[C@@H](C(=O)O)NC(CCCCCC)c2nc(c(N3CCOCC3)o2)CCCc2nc1oc2N1CCOCC1.